The molecule has 1 aromatic carbocycles. The predicted octanol–water partition coefficient (Wildman–Crippen LogP) is 2.45. The number of ether oxygens (including phenoxy) is 1. The average Bonchev–Trinajstić information content (AvgIpc) is 3.26. The van der Waals surface area contributed by atoms with Gasteiger partial charge in [-0.1, -0.05) is 37.3 Å². The van der Waals surface area contributed by atoms with E-state index in [9.17, 15) is 9.59 Å². The van der Waals surface area contributed by atoms with E-state index in [2.05, 4.69) is 39.0 Å². The molecule has 0 aliphatic carbocycles. The van der Waals surface area contributed by atoms with Crippen molar-refractivity contribution in [2.45, 2.75) is 45.4 Å². The van der Waals surface area contributed by atoms with Crippen LogP contribution in [0.15, 0.2) is 30.4 Å². The van der Waals surface area contributed by atoms with Crippen molar-refractivity contribution in [3.8, 4) is 0 Å². The van der Waals surface area contributed by atoms with Crippen molar-refractivity contribution in [3.63, 3.8) is 0 Å². The molecule has 3 aliphatic rings. The number of nitrogens with zero attached hydrogens (tertiary/aromatic N) is 2. The molecule has 1 aromatic rings. The molecule has 2 amide bonds. The van der Waals surface area contributed by atoms with Gasteiger partial charge >= 0.3 is 0 Å². The fourth-order valence-corrected chi connectivity index (χ4v) is 4.82. The second kappa shape index (κ2) is 6.48. The van der Waals surface area contributed by atoms with Crippen molar-refractivity contribution >= 4 is 11.8 Å². The van der Waals surface area contributed by atoms with Crippen molar-refractivity contribution in [1.29, 1.82) is 0 Å². The van der Waals surface area contributed by atoms with Gasteiger partial charge in [0.05, 0.1) is 24.5 Å². The van der Waals surface area contributed by atoms with Crippen LogP contribution in [0.5, 0.6) is 0 Å². The fraction of sp³-hybridized carbons (Fsp3) is 0.545. The van der Waals surface area contributed by atoms with E-state index in [1.807, 2.05) is 24.1 Å². The number of rotatable bonds is 5. The van der Waals surface area contributed by atoms with Crippen LogP contribution in [0.2, 0.25) is 0 Å². The lowest BCUT2D eigenvalue weighted by Crippen LogP contribution is -2.44. The van der Waals surface area contributed by atoms with Gasteiger partial charge in [0.1, 0.15) is 5.60 Å². The standard InChI is InChI=1S/C22H28N2O3/c1-5-10-23(4)20(25)18-17-8-9-22(27-17)13-24(21(26)19(18)22)12-16-7-6-14(2)15(3)11-16/h6-9,11,17-19H,5,10,12-13H2,1-4H3/t17-,18+,19-,22-/m0/s1. The highest BCUT2D eigenvalue weighted by Crippen LogP contribution is 2.52. The first-order valence-electron chi connectivity index (χ1n) is 9.83. The number of benzene rings is 1. The first kappa shape index (κ1) is 18.2. The molecule has 0 saturated carbocycles. The van der Waals surface area contributed by atoms with Crippen LogP contribution in [0.4, 0.5) is 0 Å². The summed E-state index contributed by atoms with van der Waals surface area (Å²) >= 11 is 0. The van der Waals surface area contributed by atoms with Crippen molar-refractivity contribution in [2.75, 3.05) is 20.1 Å². The van der Waals surface area contributed by atoms with Crippen LogP contribution in [-0.2, 0) is 20.9 Å². The minimum absolute atomic E-state index is 0.0273. The Morgan fingerprint density at radius 3 is 2.81 bits per heavy atom. The van der Waals surface area contributed by atoms with Crippen molar-refractivity contribution in [2.24, 2.45) is 11.8 Å². The van der Waals surface area contributed by atoms with E-state index >= 15 is 0 Å². The minimum atomic E-state index is -0.630. The first-order chi connectivity index (χ1) is 12.9. The van der Waals surface area contributed by atoms with Crippen LogP contribution < -0.4 is 0 Å². The predicted molar refractivity (Wildman–Crippen MR) is 103 cm³/mol. The second-order valence-electron chi connectivity index (χ2n) is 8.27. The van der Waals surface area contributed by atoms with Crippen LogP contribution >= 0.6 is 0 Å². The Morgan fingerprint density at radius 2 is 2.11 bits per heavy atom. The van der Waals surface area contributed by atoms with E-state index in [1.54, 1.807) is 4.90 Å². The molecule has 0 unspecified atom stereocenters. The molecule has 1 spiro atoms. The number of hydrogen-bond donors (Lipinski definition) is 0. The largest absolute Gasteiger partial charge is 0.360 e. The van der Waals surface area contributed by atoms with E-state index in [0.29, 0.717) is 19.6 Å². The third kappa shape index (κ3) is 2.80. The molecule has 3 aliphatic heterocycles. The van der Waals surface area contributed by atoms with Crippen LogP contribution in [0, 0.1) is 25.7 Å². The number of fused-ring (bicyclic) bond motifs is 1. The zero-order valence-corrected chi connectivity index (χ0v) is 16.6. The maximum Gasteiger partial charge on any atom is 0.230 e. The Labute approximate surface area is 161 Å². The summed E-state index contributed by atoms with van der Waals surface area (Å²) in [5, 5.41) is 0. The van der Waals surface area contributed by atoms with E-state index in [-0.39, 0.29) is 17.9 Å². The minimum Gasteiger partial charge on any atom is -0.360 e. The first-order valence-corrected chi connectivity index (χ1v) is 9.83. The molecule has 2 bridgehead atoms. The third-order valence-corrected chi connectivity index (χ3v) is 6.34. The molecule has 3 heterocycles. The summed E-state index contributed by atoms with van der Waals surface area (Å²) in [5.41, 5.74) is 2.96. The number of aryl methyl sites for hydroxylation is 2. The van der Waals surface area contributed by atoms with Gasteiger partial charge in [-0.25, -0.2) is 0 Å². The van der Waals surface area contributed by atoms with Gasteiger partial charge in [-0.2, -0.15) is 0 Å². The maximum atomic E-state index is 13.3. The van der Waals surface area contributed by atoms with Crippen LogP contribution in [0.25, 0.3) is 0 Å². The van der Waals surface area contributed by atoms with Crippen LogP contribution in [0.3, 0.4) is 0 Å². The molecule has 4 rings (SSSR count). The zero-order chi connectivity index (χ0) is 19.3. The summed E-state index contributed by atoms with van der Waals surface area (Å²) in [6.07, 6.45) is 4.63. The van der Waals surface area contributed by atoms with Gasteiger partial charge in [0.25, 0.3) is 0 Å². The Balaban J connectivity index is 1.57. The van der Waals surface area contributed by atoms with E-state index in [1.165, 1.54) is 11.1 Å². The monoisotopic (exact) mass is 368 g/mol. The molecule has 27 heavy (non-hydrogen) atoms. The molecule has 5 nitrogen and oxygen atoms in total. The number of carbonyl (C=O) groups excluding carboxylic acids is 2. The molecule has 0 aromatic heterocycles. The molecule has 0 N–H and O–H groups in total. The van der Waals surface area contributed by atoms with Gasteiger partial charge in [0, 0.05) is 20.1 Å². The van der Waals surface area contributed by atoms with Gasteiger partial charge < -0.3 is 14.5 Å². The number of carbonyl (C=O) groups is 2. The fourth-order valence-electron chi connectivity index (χ4n) is 4.82. The highest BCUT2D eigenvalue weighted by molar-refractivity contribution is 5.93. The van der Waals surface area contributed by atoms with E-state index in [0.717, 1.165) is 12.0 Å². The van der Waals surface area contributed by atoms with E-state index in [4.69, 9.17) is 4.74 Å². The number of amides is 2. The Kier molecular flexibility index (Phi) is 4.38. The quantitative estimate of drug-likeness (QED) is 0.750. The molecular formula is C22H28N2O3. The van der Waals surface area contributed by atoms with Crippen LogP contribution in [0.1, 0.15) is 30.0 Å². The molecule has 2 saturated heterocycles. The summed E-state index contributed by atoms with van der Waals surface area (Å²) < 4.78 is 6.21. The van der Waals surface area contributed by atoms with Gasteiger partial charge in [-0.05, 0) is 37.0 Å². The molecule has 4 atom stereocenters. The Morgan fingerprint density at radius 1 is 1.33 bits per heavy atom. The summed E-state index contributed by atoms with van der Waals surface area (Å²) in [4.78, 5) is 29.9. The molecular weight excluding hydrogens is 340 g/mol. The smallest absolute Gasteiger partial charge is 0.230 e. The Hall–Kier alpha value is -2.14. The molecule has 144 valence electrons. The average molecular weight is 368 g/mol. The summed E-state index contributed by atoms with van der Waals surface area (Å²) in [7, 11) is 1.82. The van der Waals surface area contributed by atoms with Gasteiger partial charge in [-0.15, -0.1) is 0 Å². The van der Waals surface area contributed by atoms with Crippen molar-refractivity contribution in [1.82, 2.24) is 9.80 Å². The van der Waals surface area contributed by atoms with Gasteiger partial charge in [0.2, 0.25) is 11.8 Å². The lowest BCUT2D eigenvalue weighted by Gasteiger charge is -2.27. The lowest BCUT2D eigenvalue weighted by molar-refractivity contribution is -0.142. The normalized spacial score (nSPS) is 30.9. The van der Waals surface area contributed by atoms with Crippen molar-refractivity contribution < 1.29 is 14.3 Å². The van der Waals surface area contributed by atoms with Gasteiger partial charge in [0.15, 0.2) is 0 Å². The highest BCUT2D eigenvalue weighted by Gasteiger charge is 2.66. The lowest BCUT2D eigenvalue weighted by atomic mass is 9.76. The van der Waals surface area contributed by atoms with E-state index < -0.39 is 17.4 Å². The molecule has 5 heteroatoms. The summed E-state index contributed by atoms with van der Waals surface area (Å²) in [5.74, 6) is -0.725. The molecule has 0 radical (unpaired) electrons. The summed E-state index contributed by atoms with van der Waals surface area (Å²) in [6.45, 7) is 8.01. The van der Waals surface area contributed by atoms with Crippen LogP contribution in [-0.4, -0.2) is 53.5 Å². The topological polar surface area (TPSA) is 49.9 Å². The molecule has 2 fully saturated rings. The SMILES string of the molecule is CCCN(C)C(=O)[C@@H]1[C@@H]2C=C[C@@]3(CN(Cc4ccc(C)c(C)c4)C(=O)[C@H]13)O2. The highest BCUT2D eigenvalue weighted by atomic mass is 16.5. The summed E-state index contributed by atoms with van der Waals surface area (Å²) in [6, 6.07) is 6.31. The number of hydrogen-bond acceptors (Lipinski definition) is 3. The second-order valence-corrected chi connectivity index (χ2v) is 8.27. The number of likely N-dealkylation sites (tertiary alicyclic amines) is 1. The van der Waals surface area contributed by atoms with Crippen molar-refractivity contribution in [3.05, 3.63) is 47.0 Å². The van der Waals surface area contributed by atoms with Gasteiger partial charge in [-0.3, -0.25) is 9.59 Å². The third-order valence-electron chi connectivity index (χ3n) is 6.34. The Bertz CT molecular complexity index is 818. The maximum absolute atomic E-state index is 13.3. The zero-order valence-electron chi connectivity index (χ0n) is 16.6.